The van der Waals surface area contributed by atoms with E-state index in [9.17, 15) is 0 Å². The van der Waals surface area contributed by atoms with Crippen molar-refractivity contribution in [2.75, 3.05) is 9.80 Å². The molecule has 16 aromatic carbocycles. The molecular weight excluding hydrogens is 1500 g/mol. The number of hydrogen-bond acceptors (Lipinski definition) is 5. The molecule has 0 amide bonds. The molecule has 3 fully saturated rings. The Bertz CT molecular complexity index is 7490. The largest absolute Gasteiger partial charge is 0.456 e. The number of furan rings is 1. The highest BCUT2D eigenvalue weighted by Gasteiger charge is 2.57. The van der Waals surface area contributed by atoms with Gasteiger partial charge in [0.1, 0.15) is 11.2 Å². The summed E-state index contributed by atoms with van der Waals surface area (Å²) in [5, 5.41) is 10.1. The molecule has 19 aromatic rings. The first kappa shape index (κ1) is 71.5. The van der Waals surface area contributed by atoms with Crippen LogP contribution in [0.2, 0.25) is 0 Å². The Kier molecular flexibility index (Phi) is 16.3. The highest BCUT2D eigenvalue weighted by molar-refractivity contribution is 7.26. The van der Waals surface area contributed by atoms with Crippen LogP contribution in [-0.2, 0) is 23.7 Å². The van der Waals surface area contributed by atoms with Gasteiger partial charge in [-0.05, 0) is 324 Å². The van der Waals surface area contributed by atoms with Crippen molar-refractivity contribution < 1.29 is 4.42 Å². The maximum absolute atomic E-state index is 7.33. The third-order valence-electron chi connectivity index (χ3n) is 29.9. The number of fused-ring (bicyclic) bond motifs is 27. The van der Waals surface area contributed by atoms with Crippen molar-refractivity contribution in [2.45, 2.75) is 103 Å². The minimum absolute atomic E-state index is 0.0417. The Balaban J connectivity index is 0.605. The summed E-state index contributed by atoms with van der Waals surface area (Å²) in [6.07, 6.45) is 12.7. The van der Waals surface area contributed by atoms with E-state index in [1.807, 2.05) is 22.7 Å². The number of nitrogens with zero attached hydrogens (tertiary/aromatic N) is 2. The van der Waals surface area contributed by atoms with Gasteiger partial charge in [-0.1, -0.05) is 247 Å². The lowest BCUT2D eigenvalue weighted by Gasteiger charge is -2.47. The minimum atomic E-state index is -0.374. The van der Waals surface area contributed by atoms with E-state index < -0.39 is 0 Å². The number of anilines is 6. The molecule has 4 bridgehead atoms. The van der Waals surface area contributed by atoms with Crippen LogP contribution >= 0.6 is 22.7 Å². The number of thiophene rings is 2. The Morgan fingerprint density at radius 2 is 0.826 bits per heavy atom. The van der Waals surface area contributed by atoms with Crippen LogP contribution in [0.5, 0.6) is 0 Å². The first-order valence-electron chi connectivity index (χ1n) is 44.3. The molecule has 5 heteroatoms. The minimum Gasteiger partial charge on any atom is -0.456 e. The van der Waals surface area contributed by atoms with E-state index in [-0.39, 0.29) is 10.8 Å². The first-order chi connectivity index (χ1) is 59.5. The predicted octanol–water partition coefficient (Wildman–Crippen LogP) is 33.3. The zero-order valence-corrected chi connectivity index (χ0v) is 70.5. The second kappa shape index (κ2) is 27.6. The maximum Gasteiger partial charge on any atom is 0.137 e. The molecular formula is C116H92N2OS2. The van der Waals surface area contributed by atoms with Crippen LogP contribution in [0.4, 0.5) is 34.1 Å². The lowest BCUT2D eigenvalue weighted by atomic mass is 9.56. The summed E-state index contributed by atoms with van der Waals surface area (Å²) in [4.78, 5) is 5.08. The third kappa shape index (κ3) is 11.1. The van der Waals surface area contributed by atoms with Gasteiger partial charge >= 0.3 is 0 Å². The molecule has 7 atom stereocenters. The van der Waals surface area contributed by atoms with E-state index in [1.54, 1.807) is 5.56 Å². The van der Waals surface area contributed by atoms with Gasteiger partial charge in [-0.25, -0.2) is 0 Å². The van der Waals surface area contributed by atoms with Crippen LogP contribution in [0.25, 0.3) is 151 Å². The zero-order chi connectivity index (χ0) is 80.1. The molecule has 5 unspecified atom stereocenters. The molecule has 3 aromatic heterocycles. The van der Waals surface area contributed by atoms with Crippen LogP contribution < -0.4 is 9.80 Å². The molecule has 25 rings (SSSR count). The third-order valence-corrected chi connectivity index (χ3v) is 32.2. The average molecular weight is 1590 g/mol. The fourth-order valence-electron chi connectivity index (χ4n) is 24.8. The molecule has 0 N–H and O–H groups in total. The van der Waals surface area contributed by atoms with Crippen LogP contribution in [0.15, 0.2) is 332 Å². The Labute approximate surface area is 715 Å². The molecule has 6 aliphatic rings. The summed E-state index contributed by atoms with van der Waals surface area (Å²) < 4.78 is 12.6. The van der Waals surface area contributed by atoms with Crippen LogP contribution in [-0.4, -0.2) is 0 Å². The molecule has 584 valence electrons. The second-order valence-electron chi connectivity index (χ2n) is 37.1. The molecule has 3 saturated carbocycles. The van der Waals surface area contributed by atoms with Crippen molar-refractivity contribution in [1.82, 2.24) is 0 Å². The van der Waals surface area contributed by atoms with Gasteiger partial charge < -0.3 is 14.2 Å². The van der Waals surface area contributed by atoms with E-state index in [4.69, 9.17) is 4.42 Å². The van der Waals surface area contributed by atoms with Crippen LogP contribution in [0, 0.1) is 35.5 Å². The van der Waals surface area contributed by atoms with Crippen molar-refractivity contribution >= 4 is 130 Å². The number of benzene rings is 16. The van der Waals surface area contributed by atoms with Gasteiger partial charge in [0.2, 0.25) is 0 Å². The monoisotopic (exact) mass is 1590 g/mol. The van der Waals surface area contributed by atoms with Gasteiger partial charge in [0, 0.05) is 102 Å². The quantitative estimate of drug-likeness (QED) is 0.136. The fourth-order valence-corrected chi connectivity index (χ4v) is 27.1. The van der Waals surface area contributed by atoms with Gasteiger partial charge in [0.15, 0.2) is 0 Å². The van der Waals surface area contributed by atoms with Crippen molar-refractivity contribution in [2.24, 2.45) is 35.5 Å². The van der Waals surface area contributed by atoms with E-state index in [1.165, 1.54) is 225 Å². The first-order valence-corrected chi connectivity index (χ1v) is 46.0. The Morgan fingerprint density at radius 3 is 1.53 bits per heavy atom. The van der Waals surface area contributed by atoms with Gasteiger partial charge in [0.05, 0.1) is 0 Å². The van der Waals surface area contributed by atoms with Crippen LogP contribution in [0.1, 0.15) is 112 Å². The van der Waals surface area contributed by atoms with Crippen LogP contribution in [0.3, 0.4) is 0 Å². The molecule has 0 aliphatic heterocycles. The number of rotatable bonds is 10. The van der Waals surface area contributed by atoms with Crippen molar-refractivity contribution in [1.29, 1.82) is 0 Å². The molecule has 0 saturated heterocycles. The van der Waals surface area contributed by atoms with Gasteiger partial charge in [-0.2, -0.15) is 0 Å². The molecule has 1 spiro atoms. The van der Waals surface area contributed by atoms with Crippen molar-refractivity contribution in [3.8, 4) is 77.9 Å². The standard InChI is InChI=1S/C116H92N2OS2/c1-69-57-71-35-36-73(60-71)61-79-64-84(49-52-90(79)89-22-6-5-19-77(89)58-69)117(81-44-38-74(39-45-81)87-20-7-9-23-91(87)95-28-17-33-109-111(95)99-26-12-15-31-107(99)120-109)83-48-42-76-65-101-97-55-56-105-113(114(97)115(3,4)103(101)66-78(76)63-83)98-54-51-86(68-106(98)119-105)118(85-50-53-94-93-25-11-14-30-102(93)116(104(94)67-85)70(2)59-72-37-43-80(116)62-72)82-46-40-75(41-47-82)88-21-8-10-24-92(88)96-29-18-34-110-112(96)100-27-13-16-32-108(100)121-110/h5-34,38-42,44-56,63-73,80H,35-37,43,57-62H2,1-4H3/t69-,70-,71?,72?,73?,80?,116?/m0/s1. The van der Waals surface area contributed by atoms with Crippen molar-refractivity contribution in [3.63, 3.8) is 0 Å². The van der Waals surface area contributed by atoms with E-state index in [0.717, 1.165) is 64.0 Å². The van der Waals surface area contributed by atoms with Gasteiger partial charge in [0.25, 0.3) is 0 Å². The fraction of sp³-hybridized carbons (Fsp3) is 0.190. The average Bonchev–Trinajstić information content (AvgIpc) is 1.53. The summed E-state index contributed by atoms with van der Waals surface area (Å²) in [5.74, 6) is 4.06. The Hall–Kier alpha value is -12.4. The number of hydrogen-bond donors (Lipinski definition) is 0. The molecule has 6 aliphatic carbocycles. The van der Waals surface area contributed by atoms with E-state index in [2.05, 4.69) is 365 Å². The Morgan fingerprint density at radius 1 is 0.306 bits per heavy atom. The highest BCUT2D eigenvalue weighted by Crippen LogP contribution is 2.66. The topological polar surface area (TPSA) is 19.6 Å². The molecule has 3 nitrogen and oxygen atoms in total. The van der Waals surface area contributed by atoms with E-state index >= 15 is 0 Å². The van der Waals surface area contributed by atoms with Crippen molar-refractivity contribution in [3.05, 3.63) is 361 Å². The molecule has 121 heavy (non-hydrogen) atoms. The smallest absolute Gasteiger partial charge is 0.137 e. The maximum atomic E-state index is 7.33. The molecule has 0 radical (unpaired) electrons. The highest BCUT2D eigenvalue weighted by atomic mass is 32.1. The summed E-state index contributed by atoms with van der Waals surface area (Å²) in [6.45, 7) is 9.98. The summed E-state index contributed by atoms with van der Waals surface area (Å²) >= 11 is 3.77. The summed E-state index contributed by atoms with van der Waals surface area (Å²) in [5.41, 5.74) is 34.9. The van der Waals surface area contributed by atoms with Gasteiger partial charge in [-0.3, -0.25) is 0 Å². The lowest BCUT2D eigenvalue weighted by Crippen LogP contribution is -2.43. The summed E-state index contributed by atoms with van der Waals surface area (Å²) in [7, 11) is 0. The second-order valence-corrected chi connectivity index (χ2v) is 39.2. The van der Waals surface area contributed by atoms with Gasteiger partial charge in [-0.15, -0.1) is 22.7 Å². The summed E-state index contributed by atoms with van der Waals surface area (Å²) in [6, 6.07) is 126. The van der Waals surface area contributed by atoms with E-state index in [0.29, 0.717) is 23.7 Å². The zero-order valence-electron chi connectivity index (χ0n) is 68.8. The normalized spacial score (nSPS) is 19.8. The lowest BCUT2D eigenvalue weighted by molar-refractivity contribution is 0.162. The SMILES string of the molecule is C[C@@H]1Cc2ccccc2-c2ccc(N(c3ccc(-c4ccccc4-c4cccc5sc6ccccc6c45)cc3)c3ccc4cc5c(cc4c3)C(C)(C)c3c-5ccc4oc5cc(N(c6ccc(-c7ccccc7-c7cccc8sc9ccccc9c78)cc6)c6ccc7c(c6)C6(c8ccccc8-7)C7CCC(C7)C[C@@H]6C)ccc5c34)cc2CC2CCC(C2)C1. The molecule has 3 heterocycles. The predicted molar refractivity (Wildman–Crippen MR) is 514 cm³/mol.